The number of fused-ring (bicyclic) bond motifs is 1. The van der Waals surface area contributed by atoms with Crippen LogP contribution < -0.4 is 27.4 Å². The number of para-hydroxylation sites is 1. The van der Waals surface area contributed by atoms with Gasteiger partial charge in [0.1, 0.15) is 24.2 Å². The minimum Gasteiger partial charge on any atom is -0.481 e. The third kappa shape index (κ3) is 8.56. The molecule has 0 saturated heterocycles. The maximum atomic E-state index is 13.1. The first-order valence-electron chi connectivity index (χ1n) is 11.5. The van der Waals surface area contributed by atoms with Crippen LogP contribution in [0.2, 0.25) is 0 Å². The monoisotopic (exact) mass is 534 g/mol. The van der Waals surface area contributed by atoms with E-state index in [9.17, 15) is 33.9 Å². The van der Waals surface area contributed by atoms with Crippen molar-refractivity contribution in [2.75, 3.05) is 6.61 Å². The fourth-order valence-corrected chi connectivity index (χ4v) is 3.57. The van der Waals surface area contributed by atoms with Gasteiger partial charge in [0, 0.05) is 29.9 Å². The lowest BCUT2D eigenvalue weighted by molar-refractivity contribution is -0.147. The number of benzene rings is 1. The summed E-state index contributed by atoms with van der Waals surface area (Å²) in [4.78, 5) is 75.2. The number of rotatable bonds is 15. The van der Waals surface area contributed by atoms with Gasteiger partial charge in [-0.1, -0.05) is 18.2 Å². The van der Waals surface area contributed by atoms with Gasteiger partial charge in [0.25, 0.3) is 0 Å². The lowest BCUT2D eigenvalue weighted by atomic mass is 10.0. The average molecular weight is 535 g/mol. The highest BCUT2D eigenvalue weighted by Crippen LogP contribution is 2.19. The normalized spacial score (nSPS) is 14.1. The number of aliphatic hydroxyl groups is 1. The van der Waals surface area contributed by atoms with Gasteiger partial charge in [-0.3, -0.25) is 24.0 Å². The molecule has 1 heterocycles. The number of hydrogen-bond acceptors (Lipinski definition) is 8. The Kier molecular flexibility index (Phi) is 10.7. The fourth-order valence-electron chi connectivity index (χ4n) is 3.57. The molecule has 2 rings (SSSR count). The summed E-state index contributed by atoms with van der Waals surface area (Å²) >= 11 is 0. The highest BCUT2D eigenvalue weighted by atomic mass is 16.4. The van der Waals surface area contributed by atoms with Gasteiger partial charge in [-0.15, -0.1) is 0 Å². The first-order chi connectivity index (χ1) is 17.9. The third-order valence-corrected chi connectivity index (χ3v) is 5.57. The van der Waals surface area contributed by atoms with Crippen molar-refractivity contribution in [3.05, 3.63) is 36.0 Å². The first kappa shape index (κ1) is 29.7. The van der Waals surface area contributed by atoms with E-state index in [2.05, 4.69) is 20.9 Å². The number of carboxylic acid groups (broad SMARTS) is 2. The molecule has 0 radical (unpaired) electrons. The number of aliphatic carboxylic acids is 2. The van der Waals surface area contributed by atoms with Crippen molar-refractivity contribution >= 4 is 46.5 Å². The largest absolute Gasteiger partial charge is 0.481 e. The molecule has 0 fully saturated rings. The molecule has 4 atom stereocenters. The second kappa shape index (κ2) is 13.7. The van der Waals surface area contributed by atoms with Gasteiger partial charge >= 0.3 is 11.9 Å². The van der Waals surface area contributed by atoms with E-state index in [1.807, 2.05) is 0 Å². The molecule has 38 heavy (non-hydrogen) atoms. The van der Waals surface area contributed by atoms with Crippen molar-refractivity contribution in [2.24, 2.45) is 11.5 Å². The summed E-state index contributed by atoms with van der Waals surface area (Å²) in [5.41, 5.74) is 11.9. The molecule has 0 aliphatic carbocycles. The number of nitrogens with one attached hydrogen (secondary N) is 4. The SMILES string of the molecule is NC(=O)CCC(NC(=O)C(N)CO)C(=O)NC(Cc1c[nH]c2ccccc12)C(=O)NC(CC(=O)O)C(=O)O. The lowest BCUT2D eigenvalue weighted by Crippen LogP contribution is -2.58. The summed E-state index contributed by atoms with van der Waals surface area (Å²) in [6.45, 7) is -0.720. The number of nitrogens with two attached hydrogens (primary N) is 2. The zero-order valence-corrected chi connectivity index (χ0v) is 20.2. The minimum atomic E-state index is -1.78. The molecule has 0 bridgehead atoms. The van der Waals surface area contributed by atoms with Crippen LogP contribution in [0.1, 0.15) is 24.8 Å². The first-order valence-corrected chi connectivity index (χ1v) is 11.5. The highest BCUT2D eigenvalue weighted by Gasteiger charge is 2.31. The number of aromatic amines is 1. The number of carbonyl (C=O) groups is 6. The summed E-state index contributed by atoms with van der Waals surface area (Å²) in [6, 6.07) is 1.11. The van der Waals surface area contributed by atoms with Gasteiger partial charge in [-0.2, -0.15) is 0 Å². The number of hydrogen-bond donors (Lipinski definition) is 9. The van der Waals surface area contributed by atoms with E-state index in [0.717, 1.165) is 5.52 Å². The van der Waals surface area contributed by atoms with E-state index in [0.29, 0.717) is 10.9 Å². The van der Waals surface area contributed by atoms with E-state index < -0.39 is 72.8 Å². The molecule has 0 aliphatic heterocycles. The van der Waals surface area contributed by atoms with Crippen LogP contribution in [0.3, 0.4) is 0 Å². The summed E-state index contributed by atoms with van der Waals surface area (Å²) in [7, 11) is 0. The Hall–Kier alpha value is -4.50. The smallest absolute Gasteiger partial charge is 0.326 e. The van der Waals surface area contributed by atoms with Crippen LogP contribution in [0, 0.1) is 0 Å². The molecular weight excluding hydrogens is 504 g/mol. The van der Waals surface area contributed by atoms with Crippen molar-refractivity contribution in [3.8, 4) is 0 Å². The zero-order chi connectivity index (χ0) is 28.4. The van der Waals surface area contributed by atoms with Crippen molar-refractivity contribution in [2.45, 2.75) is 49.9 Å². The summed E-state index contributed by atoms with van der Waals surface area (Å²) < 4.78 is 0. The van der Waals surface area contributed by atoms with Crippen molar-refractivity contribution in [1.29, 1.82) is 0 Å². The highest BCUT2D eigenvalue weighted by molar-refractivity contribution is 5.95. The Labute approximate surface area is 215 Å². The van der Waals surface area contributed by atoms with Crippen LogP contribution in [0.5, 0.6) is 0 Å². The van der Waals surface area contributed by atoms with Crippen LogP contribution in [-0.4, -0.2) is 86.6 Å². The molecule has 2 aromatic rings. The van der Waals surface area contributed by atoms with Gasteiger partial charge in [-0.25, -0.2) is 4.79 Å². The molecule has 0 aliphatic rings. The van der Waals surface area contributed by atoms with Gasteiger partial charge in [0.15, 0.2) is 0 Å². The Morgan fingerprint density at radius 2 is 1.50 bits per heavy atom. The van der Waals surface area contributed by atoms with E-state index in [1.54, 1.807) is 30.5 Å². The standard InChI is InChI=1S/C23H30N6O9/c24-13(10-30)20(34)27-15(5-6-18(25)31)21(35)28-16(22(36)29-17(23(37)38)8-19(32)33)7-11-9-26-14-4-2-1-3-12(11)14/h1-4,9,13,15-17,26,30H,5-8,10,24H2,(H2,25,31)(H,27,34)(H,28,35)(H,29,36)(H,32,33)(H,37,38). The Morgan fingerprint density at radius 1 is 0.895 bits per heavy atom. The van der Waals surface area contributed by atoms with Gasteiger partial charge in [0.05, 0.1) is 13.0 Å². The van der Waals surface area contributed by atoms with Crippen LogP contribution in [0.15, 0.2) is 30.5 Å². The molecule has 0 saturated carbocycles. The van der Waals surface area contributed by atoms with Crippen molar-refractivity contribution in [1.82, 2.24) is 20.9 Å². The van der Waals surface area contributed by atoms with Crippen molar-refractivity contribution in [3.63, 3.8) is 0 Å². The Morgan fingerprint density at radius 3 is 2.11 bits per heavy atom. The van der Waals surface area contributed by atoms with Gasteiger partial charge < -0.3 is 47.7 Å². The third-order valence-electron chi connectivity index (χ3n) is 5.57. The quantitative estimate of drug-likeness (QED) is 0.114. The second-order valence-corrected chi connectivity index (χ2v) is 8.48. The number of carboxylic acids is 2. The molecule has 0 spiro atoms. The summed E-state index contributed by atoms with van der Waals surface area (Å²) in [5, 5.41) is 35.0. The molecule has 15 heteroatoms. The molecule has 1 aromatic carbocycles. The molecule has 1 aromatic heterocycles. The van der Waals surface area contributed by atoms with Gasteiger partial charge in [-0.05, 0) is 18.1 Å². The minimum absolute atomic E-state index is 0.145. The molecule has 4 unspecified atom stereocenters. The number of amides is 4. The number of carbonyl (C=O) groups excluding carboxylic acids is 4. The van der Waals surface area contributed by atoms with E-state index >= 15 is 0 Å². The molecular formula is C23H30N6O9. The number of primary amides is 1. The summed E-state index contributed by atoms with van der Waals surface area (Å²) in [6.07, 6.45) is -0.0383. The number of aliphatic hydroxyl groups excluding tert-OH is 1. The maximum Gasteiger partial charge on any atom is 0.326 e. The maximum absolute atomic E-state index is 13.1. The van der Waals surface area contributed by atoms with Crippen LogP contribution in [0.25, 0.3) is 10.9 Å². The van der Waals surface area contributed by atoms with Crippen LogP contribution in [0.4, 0.5) is 0 Å². The molecule has 4 amide bonds. The van der Waals surface area contributed by atoms with Gasteiger partial charge in [0.2, 0.25) is 23.6 Å². The van der Waals surface area contributed by atoms with Crippen LogP contribution >= 0.6 is 0 Å². The predicted molar refractivity (Wildman–Crippen MR) is 131 cm³/mol. The Bertz CT molecular complexity index is 1200. The summed E-state index contributed by atoms with van der Waals surface area (Å²) in [5.74, 6) is -6.65. The number of H-pyrrole nitrogens is 1. The zero-order valence-electron chi connectivity index (χ0n) is 20.2. The number of aromatic nitrogens is 1. The predicted octanol–water partition coefficient (Wildman–Crippen LogP) is -2.69. The molecule has 11 N–H and O–H groups in total. The van der Waals surface area contributed by atoms with Crippen molar-refractivity contribution < 1.29 is 44.1 Å². The Balaban J connectivity index is 2.34. The van der Waals surface area contributed by atoms with E-state index in [-0.39, 0.29) is 19.3 Å². The topological polar surface area (TPSA) is 267 Å². The van der Waals surface area contributed by atoms with E-state index in [1.165, 1.54) is 0 Å². The lowest BCUT2D eigenvalue weighted by Gasteiger charge is -2.24. The fraction of sp³-hybridized carbons (Fsp3) is 0.391. The van der Waals surface area contributed by atoms with E-state index in [4.69, 9.17) is 21.7 Å². The average Bonchev–Trinajstić information content (AvgIpc) is 3.27. The molecule has 206 valence electrons. The molecule has 15 nitrogen and oxygen atoms in total. The second-order valence-electron chi connectivity index (χ2n) is 8.48. The van der Waals surface area contributed by atoms with Crippen LogP contribution in [-0.2, 0) is 35.2 Å².